The highest BCUT2D eigenvalue weighted by Gasteiger charge is 2.31. The molecule has 0 aliphatic heterocycles. The fourth-order valence-corrected chi connectivity index (χ4v) is 2.85. The second-order valence-electron chi connectivity index (χ2n) is 6.61. The lowest BCUT2D eigenvalue weighted by Crippen LogP contribution is -2.45. The first-order chi connectivity index (χ1) is 9.35. The van der Waals surface area contributed by atoms with Crippen LogP contribution in [0.1, 0.15) is 58.8 Å². The molecule has 20 heavy (non-hydrogen) atoms. The van der Waals surface area contributed by atoms with Crippen molar-refractivity contribution in [1.29, 1.82) is 0 Å². The third-order valence-corrected chi connectivity index (χ3v) is 4.28. The van der Waals surface area contributed by atoms with Gasteiger partial charge in [0.25, 0.3) is 0 Å². The zero-order chi connectivity index (χ0) is 15.2. The van der Waals surface area contributed by atoms with Gasteiger partial charge in [0.1, 0.15) is 0 Å². The van der Waals surface area contributed by atoms with Crippen molar-refractivity contribution in [3.63, 3.8) is 0 Å². The minimum absolute atomic E-state index is 0.0340. The molecule has 1 saturated carbocycles. The van der Waals surface area contributed by atoms with E-state index in [1.807, 2.05) is 0 Å². The molecule has 0 saturated heterocycles. The monoisotopic (exact) mass is 284 g/mol. The highest BCUT2D eigenvalue weighted by atomic mass is 16.4. The molecule has 0 spiro atoms. The molecule has 0 radical (unpaired) electrons. The van der Waals surface area contributed by atoms with E-state index < -0.39 is 11.9 Å². The van der Waals surface area contributed by atoms with Crippen molar-refractivity contribution in [2.45, 2.75) is 64.8 Å². The first kappa shape index (κ1) is 17.0. The highest BCUT2D eigenvalue weighted by Crippen LogP contribution is 2.27. The fourth-order valence-electron chi connectivity index (χ4n) is 2.85. The van der Waals surface area contributed by atoms with Crippen molar-refractivity contribution in [2.24, 2.45) is 17.1 Å². The summed E-state index contributed by atoms with van der Waals surface area (Å²) in [5.74, 6) is -1.25. The van der Waals surface area contributed by atoms with E-state index >= 15 is 0 Å². The van der Waals surface area contributed by atoms with Gasteiger partial charge in [-0.1, -0.05) is 26.7 Å². The first-order valence-corrected chi connectivity index (χ1v) is 7.58. The Balaban J connectivity index is 2.42. The van der Waals surface area contributed by atoms with Gasteiger partial charge in [0.05, 0.1) is 5.92 Å². The number of carboxylic acids is 1. The fraction of sp³-hybridized carbons (Fsp3) is 0.867. The minimum atomic E-state index is -0.793. The Morgan fingerprint density at radius 1 is 1.25 bits per heavy atom. The molecule has 1 amide bonds. The Bertz CT molecular complexity index is 342. The van der Waals surface area contributed by atoms with Gasteiger partial charge in [0.15, 0.2) is 0 Å². The third-order valence-electron chi connectivity index (χ3n) is 4.28. The molecule has 5 heteroatoms. The van der Waals surface area contributed by atoms with E-state index in [9.17, 15) is 14.7 Å². The number of rotatable bonds is 7. The molecule has 0 aromatic carbocycles. The number of carbonyl (C=O) groups is 2. The van der Waals surface area contributed by atoms with Crippen molar-refractivity contribution >= 4 is 11.9 Å². The van der Waals surface area contributed by atoms with Crippen LogP contribution in [0.25, 0.3) is 0 Å². The Morgan fingerprint density at radius 3 is 2.50 bits per heavy atom. The van der Waals surface area contributed by atoms with Crippen molar-refractivity contribution in [1.82, 2.24) is 5.32 Å². The molecule has 2 unspecified atom stereocenters. The van der Waals surface area contributed by atoms with Crippen LogP contribution in [-0.2, 0) is 9.59 Å². The van der Waals surface area contributed by atoms with Crippen LogP contribution >= 0.6 is 0 Å². The number of amides is 1. The summed E-state index contributed by atoms with van der Waals surface area (Å²) in [6.07, 6.45) is 5.48. The molecule has 1 rings (SSSR count). The number of hydrogen-bond acceptors (Lipinski definition) is 3. The van der Waals surface area contributed by atoms with Crippen LogP contribution in [0.4, 0.5) is 0 Å². The van der Waals surface area contributed by atoms with Crippen LogP contribution < -0.4 is 11.1 Å². The number of hydrogen-bond donors (Lipinski definition) is 3. The van der Waals surface area contributed by atoms with Crippen LogP contribution in [0.3, 0.4) is 0 Å². The quantitative estimate of drug-likeness (QED) is 0.665. The standard InChI is InChI=1S/C15H28N2O3/c1-15(2,9-10-16)8-7-13(18)17-12-6-4-3-5-11(12)14(19)20/h11-12H,3-10,16H2,1-2H3,(H,17,18)(H,19,20). The summed E-state index contributed by atoms with van der Waals surface area (Å²) in [4.78, 5) is 23.2. The number of nitrogens with two attached hydrogens (primary N) is 1. The Labute approximate surface area is 121 Å². The van der Waals surface area contributed by atoms with Gasteiger partial charge in [-0.3, -0.25) is 9.59 Å². The molecule has 1 fully saturated rings. The second kappa shape index (κ2) is 7.62. The number of carbonyl (C=O) groups excluding carboxylic acids is 1. The van der Waals surface area contributed by atoms with Crippen molar-refractivity contribution in [2.75, 3.05) is 6.54 Å². The van der Waals surface area contributed by atoms with E-state index in [1.165, 1.54) is 0 Å². The summed E-state index contributed by atoms with van der Waals surface area (Å²) < 4.78 is 0. The molecule has 0 aromatic heterocycles. The maximum absolute atomic E-state index is 12.0. The van der Waals surface area contributed by atoms with Crippen molar-refractivity contribution in [3.8, 4) is 0 Å². The van der Waals surface area contributed by atoms with Crippen LogP contribution in [0.5, 0.6) is 0 Å². The van der Waals surface area contributed by atoms with Gasteiger partial charge in [0, 0.05) is 12.5 Å². The maximum atomic E-state index is 12.0. The molecular weight excluding hydrogens is 256 g/mol. The first-order valence-electron chi connectivity index (χ1n) is 7.58. The maximum Gasteiger partial charge on any atom is 0.308 e. The smallest absolute Gasteiger partial charge is 0.308 e. The SMILES string of the molecule is CC(C)(CCN)CCC(=O)NC1CCCCC1C(=O)O. The highest BCUT2D eigenvalue weighted by molar-refractivity contribution is 5.78. The van der Waals surface area contributed by atoms with Gasteiger partial charge in [-0.25, -0.2) is 0 Å². The van der Waals surface area contributed by atoms with E-state index in [1.54, 1.807) is 0 Å². The van der Waals surface area contributed by atoms with Crippen LogP contribution in [0.15, 0.2) is 0 Å². The van der Waals surface area contributed by atoms with Gasteiger partial charge in [-0.15, -0.1) is 0 Å². The molecule has 5 nitrogen and oxygen atoms in total. The Morgan fingerprint density at radius 2 is 1.90 bits per heavy atom. The predicted octanol–water partition coefficient (Wildman–Crippen LogP) is 1.90. The molecule has 4 N–H and O–H groups in total. The van der Waals surface area contributed by atoms with Crippen molar-refractivity contribution < 1.29 is 14.7 Å². The summed E-state index contributed by atoms with van der Waals surface area (Å²) >= 11 is 0. The molecule has 1 aliphatic rings. The largest absolute Gasteiger partial charge is 0.481 e. The summed E-state index contributed by atoms with van der Waals surface area (Å²) in [5.41, 5.74) is 5.62. The van der Waals surface area contributed by atoms with E-state index in [0.29, 0.717) is 19.4 Å². The van der Waals surface area contributed by atoms with E-state index in [0.717, 1.165) is 32.1 Å². The minimum Gasteiger partial charge on any atom is -0.481 e. The molecule has 0 bridgehead atoms. The zero-order valence-corrected chi connectivity index (χ0v) is 12.7. The number of carboxylic acid groups (broad SMARTS) is 1. The average Bonchev–Trinajstić information content (AvgIpc) is 2.37. The predicted molar refractivity (Wildman–Crippen MR) is 78.2 cm³/mol. The normalized spacial score (nSPS) is 23.4. The summed E-state index contributed by atoms with van der Waals surface area (Å²) in [6.45, 7) is 4.83. The molecule has 116 valence electrons. The van der Waals surface area contributed by atoms with Gasteiger partial charge >= 0.3 is 5.97 Å². The van der Waals surface area contributed by atoms with Crippen LogP contribution in [0.2, 0.25) is 0 Å². The number of aliphatic carboxylic acids is 1. The van der Waals surface area contributed by atoms with Gasteiger partial charge < -0.3 is 16.2 Å². The van der Waals surface area contributed by atoms with E-state index in [4.69, 9.17) is 5.73 Å². The van der Waals surface area contributed by atoms with Gasteiger partial charge in [-0.05, 0) is 37.6 Å². The molecule has 1 aliphatic carbocycles. The molecular formula is C15H28N2O3. The van der Waals surface area contributed by atoms with Crippen LogP contribution in [-0.4, -0.2) is 29.6 Å². The lowest BCUT2D eigenvalue weighted by atomic mass is 9.83. The van der Waals surface area contributed by atoms with E-state index in [2.05, 4.69) is 19.2 Å². The molecule has 2 atom stereocenters. The number of nitrogens with one attached hydrogen (secondary N) is 1. The van der Waals surface area contributed by atoms with E-state index in [-0.39, 0.29) is 17.4 Å². The Kier molecular flexibility index (Phi) is 6.46. The summed E-state index contributed by atoms with van der Waals surface area (Å²) in [5, 5.41) is 12.1. The topological polar surface area (TPSA) is 92.4 Å². The average molecular weight is 284 g/mol. The summed E-state index contributed by atoms with van der Waals surface area (Å²) in [7, 11) is 0. The van der Waals surface area contributed by atoms with Gasteiger partial charge in [0.2, 0.25) is 5.91 Å². The molecule has 0 heterocycles. The third kappa shape index (κ3) is 5.49. The second-order valence-corrected chi connectivity index (χ2v) is 6.61. The Hall–Kier alpha value is -1.10. The van der Waals surface area contributed by atoms with Gasteiger partial charge in [-0.2, -0.15) is 0 Å². The lowest BCUT2D eigenvalue weighted by molar-refractivity contribution is -0.144. The van der Waals surface area contributed by atoms with Crippen LogP contribution in [0, 0.1) is 11.3 Å². The molecule has 0 aromatic rings. The van der Waals surface area contributed by atoms with Crippen molar-refractivity contribution in [3.05, 3.63) is 0 Å². The zero-order valence-electron chi connectivity index (χ0n) is 12.7. The summed E-state index contributed by atoms with van der Waals surface area (Å²) in [6, 6.07) is -0.202. The lowest BCUT2D eigenvalue weighted by Gasteiger charge is -2.30.